The number of fused-ring (bicyclic) bond motifs is 8. The second-order valence-corrected chi connectivity index (χ2v) is 15.7. The van der Waals surface area contributed by atoms with Gasteiger partial charge in [-0.05, 0) is 141 Å². The van der Waals surface area contributed by atoms with Crippen molar-refractivity contribution >= 4 is 0 Å². The smallest absolute Gasteiger partial charge is 0.0121 e. The summed E-state index contributed by atoms with van der Waals surface area (Å²) in [5, 5.41) is 0. The molecule has 8 fully saturated rings. The molecule has 8 bridgehead atoms. The summed E-state index contributed by atoms with van der Waals surface area (Å²) in [7, 11) is 9.13. The van der Waals surface area contributed by atoms with Crippen LogP contribution < -0.4 is 0 Å². The summed E-state index contributed by atoms with van der Waals surface area (Å²) in [5.74, 6) is 6.06. The van der Waals surface area contributed by atoms with Crippen molar-refractivity contribution in [2.24, 2.45) is 35.5 Å². The van der Waals surface area contributed by atoms with Crippen LogP contribution >= 0.6 is 0 Å². The third-order valence-corrected chi connectivity index (χ3v) is 13.2. The maximum absolute atomic E-state index is 2.60. The van der Waals surface area contributed by atoms with E-state index in [0.29, 0.717) is 0 Å². The molecule has 0 aromatic heterocycles. The number of hydrogen-bond acceptors (Lipinski definition) is 4. The molecule has 0 amide bonds. The van der Waals surface area contributed by atoms with Crippen molar-refractivity contribution in [1.29, 1.82) is 0 Å². The van der Waals surface area contributed by atoms with Crippen molar-refractivity contribution in [3.05, 3.63) is 0 Å². The maximum atomic E-state index is 2.60. The highest BCUT2D eigenvalue weighted by Crippen LogP contribution is 2.42. The Morgan fingerprint density at radius 1 is 0.421 bits per heavy atom. The lowest BCUT2D eigenvalue weighted by Crippen LogP contribution is -2.39. The Kier molecular flexibility index (Phi) is 9.55. The first-order chi connectivity index (χ1) is 18.1. The summed E-state index contributed by atoms with van der Waals surface area (Å²) < 4.78 is 0. The summed E-state index contributed by atoms with van der Waals surface area (Å²) in [5.41, 5.74) is 0. The predicted molar refractivity (Wildman–Crippen MR) is 163 cm³/mol. The van der Waals surface area contributed by atoms with Crippen LogP contribution in [0.5, 0.6) is 0 Å². The molecule has 2 aliphatic carbocycles. The fraction of sp³-hybridized carbons (Fsp3) is 1.00. The van der Waals surface area contributed by atoms with E-state index in [1.807, 2.05) is 0 Å². The summed E-state index contributed by atoms with van der Waals surface area (Å²) in [4.78, 5) is 10.2. The molecule has 2 saturated carbocycles. The van der Waals surface area contributed by atoms with Crippen LogP contribution in [0, 0.1) is 35.5 Å². The highest BCUT2D eigenvalue weighted by molar-refractivity contribution is 4.96. The first-order valence-electron chi connectivity index (χ1n) is 17.0. The molecule has 0 spiro atoms. The van der Waals surface area contributed by atoms with Crippen LogP contribution in [0.1, 0.15) is 105 Å². The standard InChI is InChI=1S/2C9H17N.2C8H15N/c2*1-7-5-8-3-4-9(6-7)10(8)2;2*1-6-7-3-4-8(6)9(2)5-7/h2*7-9H,3-6H2,1-2H3;2*6-8H,3-5H2,1-2H3. The average molecular weight is 529 g/mol. The van der Waals surface area contributed by atoms with Gasteiger partial charge in [0.2, 0.25) is 0 Å². The lowest BCUT2D eigenvalue weighted by atomic mass is 9.93. The Labute approximate surface area is 237 Å². The topological polar surface area (TPSA) is 13.0 Å². The molecule has 220 valence electrons. The first kappa shape index (κ1) is 29.3. The zero-order chi connectivity index (χ0) is 27.1. The molecule has 6 aliphatic heterocycles. The van der Waals surface area contributed by atoms with Crippen LogP contribution in [0.2, 0.25) is 0 Å². The van der Waals surface area contributed by atoms with Gasteiger partial charge < -0.3 is 19.6 Å². The first-order valence-corrected chi connectivity index (χ1v) is 17.0. The molecule has 0 radical (unpaired) electrons. The van der Waals surface area contributed by atoms with Crippen LogP contribution in [0.25, 0.3) is 0 Å². The van der Waals surface area contributed by atoms with Gasteiger partial charge in [-0.25, -0.2) is 0 Å². The minimum Gasteiger partial charge on any atom is -0.303 e. The van der Waals surface area contributed by atoms with Crippen molar-refractivity contribution in [1.82, 2.24) is 19.6 Å². The van der Waals surface area contributed by atoms with Crippen LogP contribution in [-0.4, -0.2) is 97.1 Å². The Balaban J connectivity index is 0.000000103. The van der Waals surface area contributed by atoms with E-state index in [2.05, 4.69) is 75.5 Å². The normalized spacial score (nSPS) is 49.3. The third kappa shape index (κ3) is 6.19. The van der Waals surface area contributed by atoms with Gasteiger partial charge in [0, 0.05) is 49.3 Å². The van der Waals surface area contributed by atoms with E-state index in [-0.39, 0.29) is 0 Å². The third-order valence-electron chi connectivity index (χ3n) is 13.2. The van der Waals surface area contributed by atoms with E-state index < -0.39 is 0 Å². The molecule has 10 unspecified atom stereocenters. The van der Waals surface area contributed by atoms with E-state index in [9.17, 15) is 0 Å². The summed E-state index contributed by atoms with van der Waals surface area (Å²) in [6.07, 6.45) is 17.6. The molecule has 0 N–H and O–H groups in total. The van der Waals surface area contributed by atoms with Gasteiger partial charge in [0.05, 0.1) is 0 Å². The average Bonchev–Trinajstić information content (AvgIpc) is 3.65. The van der Waals surface area contributed by atoms with Crippen molar-refractivity contribution in [3.8, 4) is 0 Å². The molecule has 8 aliphatic rings. The molecular formula is C34H64N4. The zero-order valence-corrected chi connectivity index (χ0v) is 26.6. The van der Waals surface area contributed by atoms with Gasteiger partial charge in [-0.2, -0.15) is 0 Å². The Bertz CT molecular complexity index is 667. The number of nitrogens with zero attached hydrogens (tertiary/aromatic N) is 4. The van der Waals surface area contributed by atoms with E-state index in [4.69, 9.17) is 0 Å². The van der Waals surface area contributed by atoms with Gasteiger partial charge in [0.1, 0.15) is 0 Å². The van der Waals surface area contributed by atoms with Crippen molar-refractivity contribution in [2.75, 3.05) is 41.3 Å². The van der Waals surface area contributed by atoms with Crippen molar-refractivity contribution < 1.29 is 0 Å². The van der Waals surface area contributed by atoms with Crippen LogP contribution in [0.4, 0.5) is 0 Å². The highest BCUT2D eigenvalue weighted by atomic mass is 15.2. The molecular weight excluding hydrogens is 464 g/mol. The lowest BCUT2D eigenvalue weighted by molar-refractivity contribution is 0.142. The molecule has 6 saturated heterocycles. The highest BCUT2D eigenvalue weighted by Gasteiger charge is 2.43. The SMILES string of the molecule is CC1C2CCC1N(C)C2.CC1C2CCC1N(C)C2.CC1CC2CCC(C1)N2C.CC1CC2CCC(C1)N2C. The lowest BCUT2D eigenvalue weighted by Gasteiger charge is -2.34. The minimum atomic E-state index is 0.939. The second kappa shape index (κ2) is 12.4. The van der Waals surface area contributed by atoms with Gasteiger partial charge in [-0.3, -0.25) is 0 Å². The van der Waals surface area contributed by atoms with Crippen molar-refractivity contribution in [2.45, 2.75) is 141 Å². The van der Waals surface area contributed by atoms with Gasteiger partial charge in [-0.1, -0.05) is 27.7 Å². The van der Waals surface area contributed by atoms with E-state index in [1.54, 1.807) is 0 Å². The largest absolute Gasteiger partial charge is 0.303 e. The summed E-state index contributed by atoms with van der Waals surface area (Å²) in [6, 6.07) is 5.63. The molecule has 4 nitrogen and oxygen atoms in total. The number of piperidine rings is 4. The predicted octanol–water partition coefficient (Wildman–Crippen LogP) is 6.45. The maximum Gasteiger partial charge on any atom is 0.0121 e. The van der Waals surface area contributed by atoms with E-state index >= 15 is 0 Å². The van der Waals surface area contributed by atoms with Gasteiger partial charge >= 0.3 is 0 Å². The van der Waals surface area contributed by atoms with Crippen LogP contribution in [0.15, 0.2) is 0 Å². The fourth-order valence-electron chi connectivity index (χ4n) is 10.6. The molecule has 38 heavy (non-hydrogen) atoms. The van der Waals surface area contributed by atoms with Crippen LogP contribution in [-0.2, 0) is 0 Å². The zero-order valence-electron chi connectivity index (χ0n) is 26.6. The molecule has 0 aromatic carbocycles. The van der Waals surface area contributed by atoms with Gasteiger partial charge in [-0.15, -0.1) is 0 Å². The summed E-state index contributed by atoms with van der Waals surface area (Å²) in [6.45, 7) is 12.4. The van der Waals surface area contributed by atoms with E-state index in [1.165, 1.54) is 90.1 Å². The minimum absolute atomic E-state index is 0.939. The van der Waals surface area contributed by atoms with Crippen LogP contribution in [0.3, 0.4) is 0 Å². The second-order valence-electron chi connectivity index (χ2n) is 15.7. The van der Waals surface area contributed by atoms with Gasteiger partial charge in [0.25, 0.3) is 0 Å². The quantitative estimate of drug-likeness (QED) is 0.358. The van der Waals surface area contributed by atoms with Gasteiger partial charge in [0.15, 0.2) is 0 Å². The Morgan fingerprint density at radius 3 is 0.921 bits per heavy atom. The number of rotatable bonds is 0. The summed E-state index contributed by atoms with van der Waals surface area (Å²) >= 11 is 0. The number of hydrogen-bond donors (Lipinski definition) is 0. The molecule has 4 heteroatoms. The molecule has 0 aromatic rings. The monoisotopic (exact) mass is 529 g/mol. The van der Waals surface area contributed by atoms with E-state index in [0.717, 1.165) is 71.8 Å². The molecule has 10 atom stereocenters. The van der Waals surface area contributed by atoms with Crippen molar-refractivity contribution in [3.63, 3.8) is 0 Å². The Morgan fingerprint density at radius 2 is 0.737 bits per heavy atom. The fourth-order valence-corrected chi connectivity index (χ4v) is 10.6. The molecule has 6 heterocycles. The Hall–Kier alpha value is -0.160. The molecule has 8 rings (SSSR count). The number of likely N-dealkylation sites (tertiary alicyclic amines) is 2.